The van der Waals surface area contributed by atoms with Crippen LogP contribution >= 0.6 is 0 Å². The van der Waals surface area contributed by atoms with Gasteiger partial charge in [-0.1, -0.05) is 60.7 Å². The molecular weight excluding hydrogens is 464 g/mol. The molecule has 0 spiro atoms. The summed E-state index contributed by atoms with van der Waals surface area (Å²) in [7, 11) is 0. The molecule has 2 N–H and O–H groups in total. The Bertz CT molecular complexity index is 1290. The van der Waals surface area contributed by atoms with E-state index in [4.69, 9.17) is 9.47 Å². The molecule has 1 aliphatic heterocycles. The Labute approximate surface area is 206 Å². The van der Waals surface area contributed by atoms with Gasteiger partial charge >= 0.3 is 11.9 Å². The average molecular weight is 486 g/mol. The standard InChI is InChI=1S/C26H22N4O6/c31-21-13-29-23(25(33)30-21)19-11-20(27-14-22(32)35-15-17-7-3-1-4-8-17)24(28-12-19)26(34)36-16-18-9-5-2-6-10-18/h1-12,14,23,29H,13,15-16H2,(H,30,31,33). The van der Waals surface area contributed by atoms with Crippen molar-refractivity contribution in [2.24, 2.45) is 4.99 Å². The third kappa shape index (κ3) is 6.45. The van der Waals surface area contributed by atoms with Crippen molar-refractivity contribution in [1.29, 1.82) is 0 Å². The summed E-state index contributed by atoms with van der Waals surface area (Å²) in [5.41, 5.74) is 1.80. The third-order valence-corrected chi connectivity index (χ3v) is 5.15. The van der Waals surface area contributed by atoms with Crippen LogP contribution in [0.25, 0.3) is 0 Å². The molecular formula is C26H22N4O6. The summed E-state index contributed by atoms with van der Waals surface area (Å²) in [6, 6.07) is 18.8. The number of nitrogens with zero attached hydrogens (tertiary/aromatic N) is 2. The Morgan fingerprint density at radius 1 is 0.972 bits per heavy atom. The predicted molar refractivity (Wildman–Crippen MR) is 128 cm³/mol. The van der Waals surface area contributed by atoms with Crippen molar-refractivity contribution in [3.05, 3.63) is 95.3 Å². The zero-order valence-corrected chi connectivity index (χ0v) is 19.0. The Balaban J connectivity index is 1.53. The molecule has 1 saturated heterocycles. The molecule has 1 aliphatic rings. The number of aliphatic imine (C=N–C) groups is 1. The van der Waals surface area contributed by atoms with E-state index in [1.165, 1.54) is 12.3 Å². The molecule has 1 unspecified atom stereocenters. The van der Waals surface area contributed by atoms with E-state index in [0.29, 0.717) is 5.56 Å². The number of ether oxygens (including phenoxy) is 2. The van der Waals surface area contributed by atoms with Crippen LogP contribution < -0.4 is 10.6 Å². The van der Waals surface area contributed by atoms with Crippen LogP contribution in [-0.2, 0) is 37.1 Å². The van der Waals surface area contributed by atoms with Crippen LogP contribution in [-0.4, -0.2) is 41.5 Å². The summed E-state index contributed by atoms with van der Waals surface area (Å²) >= 11 is 0. The summed E-state index contributed by atoms with van der Waals surface area (Å²) in [6.07, 6.45) is 2.24. The van der Waals surface area contributed by atoms with Crippen LogP contribution in [0.3, 0.4) is 0 Å². The lowest BCUT2D eigenvalue weighted by atomic mass is 10.1. The molecule has 4 rings (SSSR count). The van der Waals surface area contributed by atoms with Gasteiger partial charge < -0.3 is 9.47 Å². The molecule has 3 aromatic rings. The van der Waals surface area contributed by atoms with E-state index in [9.17, 15) is 19.2 Å². The largest absolute Gasteiger partial charge is 0.457 e. The second kappa shape index (κ2) is 11.6. The van der Waals surface area contributed by atoms with Crippen molar-refractivity contribution in [3.8, 4) is 0 Å². The quantitative estimate of drug-likeness (QED) is 0.281. The van der Waals surface area contributed by atoms with Gasteiger partial charge in [0, 0.05) is 6.20 Å². The van der Waals surface area contributed by atoms with Gasteiger partial charge in [0.1, 0.15) is 25.5 Å². The highest BCUT2D eigenvalue weighted by Crippen LogP contribution is 2.24. The zero-order valence-electron chi connectivity index (χ0n) is 19.0. The first kappa shape index (κ1) is 24.4. The zero-order chi connectivity index (χ0) is 25.3. The van der Waals surface area contributed by atoms with Gasteiger partial charge in [-0.05, 0) is 22.8 Å². The van der Waals surface area contributed by atoms with E-state index < -0.39 is 29.8 Å². The topological polar surface area (TPSA) is 136 Å². The van der Waals surface area contributed by atoms with E-state index in [2.05, 4.69) is 20.6 Å². The Kier molecular flexibility index (Phi) is 7.89. The maximum absolute atomic E-state index is 12.8. The number of amides is 2. The van der Waals surface area contributed by atoms with E-state index in [1.54, 1.807) is 12.1 Å². The van der Waals surface area contributed by atoms with Crippen molar-refractivity contribution in [2.45, 2.75) is 19.3 Å². The number of carbonyl (C=O) groups is 4. The van der Waals surface area contributed by atoms with E-state index in [-0.39, 0.29) is 31.1 Å². The maximum Gasteiger partial charge on any atom is 0.359 e. The minimum atomic E-state index is -0.886. The summed E-state index contributed by atoms with van der Waals surface area (Å²) in [4.78, 5) is 57.0. The molecule has 10 heteroatoms. The SMILES string of the molecule is O=C1CNC(c2cnc(C(=O)OCc3ccccc3)c(N=CC(=O)OCc3ccccc3)c2)C(=O)N1. The molecule has 36 heavy (non-hydrogen) atoms. The number of aromatic nitrogens is 1. The fraction of sp³-hybridized carbons (Fsp3) is 0.154. The molecule has 1 fully saturated rings. The molecule has 1 aromatic heterocycles. The first-order chi connectivity index (χ1) is 17.5. The van der Waals surface area contributed by atoms with E-state index in [0.717, 1.165) is 17.3 Å². The highest BCUT2D eigenvalue weighted by Gasteiger charge is 2.29. The lowest BCUT2D eigenvalue weighted by Gasteiger charge is -2.22. The number of imide groups is 1. The van der Waals surface area contributed by atoms with Crippen molar-refractivity contribution in [1.82, 2.24) is 15.6 Å². The van der Waals surface area contributed by atoms with Crippen molar-refractivity contribution in [2.75, 3.05) is 6.54 Å². The van der Waals surface area contributed by atoms with Crippen LogP contribution in [0.5, 0.6) is 0 Å². The predicted octanol–water partition coefficient (Wildman–Crippen LogP) is 2.17. The number of piperazine rings is 1. The molecule has 2 aromatic carbocycles. The maximum atomic E-state index is 12.8. The summed E-state index contributed by atoms with van der Waals surface area (Å²) in [5.74, 6) is -2.51. The molecule has 182 valence electrons. The number of hydrogen-bond acceptors (Lipinski definition) is 9. The lowest BCUT2D eigenvalue weighted by Crippen LogP contribution is -2.51. The highest BCUT2D eigenvalue weighted by molar-refractivity contribution is 6.24. The Morgan fingerprint density at radius 2 is 1.61 bits per heavy atom. The van der Waals surface area contributed by atoms with Crippen molar-refractivity contribution >= 4 is 35.7 Å². The van der Waals surface area contributed by atoms with Gasteiger partial charge in [0.15, 0.2) is 5.69 Å². The summed E-state index contributed by atoms with van der Waals surface area (Å²) < 4.78 is 10.5. The Morgan fingerprint density at radius 3 is 2.25 bits per heavy atom. The fourth-order valence-electron chi connectivity index (χ4n) is 3.37. The van der Waals surface area contributed by atoms with Gasteiger partial charge in [0.25, 0.3) is 0 Å². The van der Waals surface area contributed by atoms with E-state index >= 15 is 0 Å². The number of hydrogen-bond donors (Lipinski definition) is 2. The molecule has 0 saturated carbocycles. The first-order valence-electron chi connectivity index (χ1n) is 11.0. The number of nitrogens with one attached hydrogen (secondary N) is 2. The van der Waals surface area contributed by atoms with Crippen LogP contribution in [0, 0.1) is 0 Å². The van der Waals surface area contributed by atoms with Gasteiger partial charge in [-0.25, -0.2) is 19.6 Å². The Hall–Kier alpha value is -4.70. The number of esters is 2. The van der Waals surface area contributed by atoms with Gasteiger partial charge in [-0.15, -0.1) is 0 Å². The van der Waals surface area contributed by atoms with Crippen LogP contribution in [0.4, 0.5) is 5.69 Å². The second-order valence-electron chi connectivity index (χ2n) is 7.78. The number of pyridine rings is 1. The lowest BCUT2D eigenvalue weighted by molar-refractivity contribution is -0.136. The molecule has 0 aliphatic carbocycles. The van der Waals surface area contributed by atoms with Gasteiger partial charge in [0.05, 0.1) is 12.2 Å². The number of carbonyl (C=O) groups excluding carboxylic acids is 4. The number of benzene rings is 2. The minimum absolute atomic E-state index is 0.00808. The summed E-state index contributed by atoms with van der Waals surface area (Å²) in [6.45, 7) is -0.00207. The molecule has 10 nitrogen and oxygen atoms in total. The monoisotopic (exact) mass is 486 g/mol. The molecule has 2 heterocycles. The molecule has 1 atom stereocenters. The summed E-state index contributed by atoms with van der Waals surface area (Å²) in [5, 5.41) is 5.03. The minimum Gasteiger partial charge on any atom is -0.457 e. The van der Waals surface area contributed by atoms with Crippen molar-refractivity contribution < 1.29 is 28.7 Å². The molecule has 0 bridgehead atoms. The highest BCUT2D eigenvalue weighted by atomic mass is 16.5. The van der Waals surface area contributed by atoms with Crippen LogP contribution in [0.1, 0.15) is 33.2 Å². The normalized spacial score (nSPS) is 15.4. The van der Waals surface area contributed by atoms with Crippen molar-refractivity contribution in [3.63, 3.8) is 0 Å². The smallest absolute Gasteiger partial charge is 0.359 e. The fourth-order valence-corrected chi connectivity index (χ4v) is 3.37. The van der Waals surface area contributed by atoms with Crippen LogP contribution in [0.15, 0.2) is 77.9 Å². The number of rotatable bonds is 8. The van der Waals surface area contributed by atoms with Gasteiger partial charge in [-0.2, -0.15) is 0 Å². The van der Waals surface area contributed by atoms with Gasteiger partial charge in [0.2, 0.25) is 11.8 Å². The molecule has 2 amide bonds. The van der Waals surface area contributed by atoms with E-state index in [1.807, 2.05) is 48.5 Å². The average Bonchev–Trinajstić information content (AvgIpc) is 2.90. The van der Waals surface area contributed by atoms with Crippen LogP contribution in [0.2, 0.25) is 0 Å². The second-order valence-corrected chi connectivity index (χ2v) is 7.78. The first-order valence-corrected chi connectivity index (χ1v) is 11.0. The third-order valence-electron chi connectivity index (χ3n) is 5.15. The molecule has 0 radical (unpaired) electrons. The van der Waals surface area contributed by atoms with Gasteiger partial charge in [-0.3, -0.25) is 20.2 Å².